The van der Waals surface area contributed by atoms with Gasteiger partial charge in [0.1, 0.15) is 17.5 Å². The molecule has 1 aromatic carbocycles. The van der Waals surface area contributed by atoms with Crippen molar-refractivity contribution < 1.29 is 14.3 Å². The zero-order chi connectivity index (χ0) is 12.8. The van der Waals surface area contributed by atoms with Gasteiger partial charge in [0, 0.05) is 30.4 Å². The van der Waals surface area contributed by atoms with E-state index in [0.29, 0.717) is 11.5 Å². The SMILES string of the molecule is COc1cc(NCC(N)C(N)=O)cc(OC)c1. The standard InChI is InChI=1S/C11H17N3O3/c1-16-8-3-7(4-9(5-8)17-2)14-6-10(12)11(13)15/h3-5,10,14H,6,12H2,1-2H3,(H2,13,15). The number of carbonyl (C=O) groups excluding carboxylic acids is 1. The summed E-state index contributed by atoms with van der Waals surface area (Å²) >= 11 is 0. The van der Waals surface area contributed by atoms with Crippen LogP contribution in [0.25, 0.3) is 0 Å². The zero-order valence-electron chi connectivity index (χ0n) is 9.90. The first kappa shape index (κ1) is 13.1. The van der Waals surface area contributed by atoms with Gasteiger partial charge in [0.25, 0.3) is 0 Å². The summed E-state index contributed by atoms with van der Waals surface area (Å²) in [7, 11) is 3.13. The van der Waals surface area contributed by atoms with Crippen LogP contribution in [0.1, 0.15) is 0 Å². The van der Waals surface area contributed by atoms with Gasteiger partial charge in [-0.1, -0.05) is 0 Å². The lowest BCUT2D eigenvalue weighted by molar-refractivity contribution is -0.118. The van der Waals surface area contributed by atoms with Crippen molar-refractivity contribution in [1.82, 2.24) is 0 Å². The molecule has 0 heterocycles. The molecular formula is C11H17N3O3. The van der Waals surface area contributed by atoms with Gasteiger partial charge in [-0.05, 0) is 0 Å². The van der Waals surface area contributed by atoms with Crippen molar-refractivity contribution >= 4 is 11.6 Å². The summed E-state index contributed by atoms with van der Waals surface area (Å²) in [6.45, 7) is 0.256. The van der Waals surface area contributed by atoms with Crippen LogP contribution in [-0.4, -0.2) is 32.7 Å². The number of primary amides is 1. The van der Waals surface area contributed by atoms with Crippen LogP contribution in [0.3, 0.4) is 0 Å². The van der Waals surface area contributed by atoms with Crippen LogP contribution < -0.4 is 26.3 Å². The number of rotatable bonds is 6. The topological polar surface area (TPSA) is 99.6 Å². The number of hydrogen-bond donors (Lipinski definition) is 3. The molecule has 1 amide bonds. The first-order chi connectivity index (χ1) is 8.06. The molecule has 0 bridgehead atoms. The van der Waals surface area contributed by atoms with Crippen molar-refractivity contribution in [2.45, 2.75) is 6.04 Å². The highest BCUT2D eigenvalue weighted by atomic mass is 16.5. The van der Waals surface area contributed by atoms with E-state index in [9.17, 15) is 4.79 Å². The predicted octanol–water partition coefficient (Wildman–Crippen LogP) is -0.0717. The summed E-state index contributed by atoms with van der Waals surface area (Å²) in [5, 5.41) is 2.99. The van der Waals surface area contributed by atoms with Crippen LogP contribution in [0, 0.1) is 0 Å². The van der Waals surface area contributed by atoms with Crippen molar-refractivity contribution in [2.24, 2.45) is 11.5 Å². The van der Waals surface area contributed by atoms with Gasteiger partial charge >= 0.3 is 0 Å². The normalized spacial score (nSPS) is 11.7. The van der Waals surface area contributed by atoms with E-state index in [-0.39, 0.29) is 6.54 Å². The lowest BCUT2D eigenvalue weighted by Crippen LogP contribution is -2.41. The number of anilines is 1. The highest BCUT2D eigenvalue weighted by Gasteiger charge is 2.09. The Morgan fingerprint density at radius 2 is 1.82 bits per heavy atom. The van der Waals surface area contributed by atoms with Crippen LogP contribution in [-0.2, 0) is 4.79 Å². The Hall–Kier alpha value is -1.95. The summed E-state index contributed by atoms with van der Waals surface area (Å²) in [6, 6.07) is 4.57. The Bertz CT molecular complexity index is 373. The van der Waals surface area contributed by atoms with E-state index in [1.165, 1.54) is 0 Å². The number of carbonyl (C=O) groups is 1. The van der Waals surface area contributed by atoms with Crippen LogP contribution in [0.4, 0.5) is 5.69 Å². The predicted molar refractivity (Wildman–Crippen MR) is 65.2 cm³/mol. The number of hydrogen-bond acceptors (Lipinski definition) is 5. The van der Waals surface area contributed by atoms with E-state index in [1.54, 1.807) is 32.4 Å². The van der Waals surface area contributed by atoms with Gasteiger partial charge in [-0.3, -0.25) is 4.79 Å². The van der Waals surface area contributed by atoms with E-state index in [4.69, 9.17) is 20.9 Å². The molecule has 5 N–H and O–H groups in total. The Balaban J connectivity index is 2.73. The van der Waals surface area contributed by atoms with Gasteiger partial charge in [0.2, 0.25) is 5.91 Å². The molecule has 6 nitrogen and oxygen atoms in total. The van der Waals surface area contributed by atoms with E-state index in [1.807, 2.05) is 0 Å². The molecule has 0 saturated heterocycles. The van der Waals surface area contributed by atoms with Crippen LogP contribution in [0.5, 0.6) is 11.5 Å². The van der Waals surface area contributed by atoms with Crippen LogP contribution in [0.2, 0.25) is 0 Å². The van der Waals surface area contributed by atoms with Crippen molar-refractivity contribution in [3.63, 3.8) is 0 Å². The minimum atomic E-state index is -0.729. The van der Waals surface area contributed by atoms with Crippen molar-refractivity contribution in [3.8, 4) is 11.5 Å². The number of benzene rings is 1. The maximum Gasteiger partial charge on any atom is 0.236 e. The third kappa shape index (κ3) is 3.84. The van der Waals surface area contributed by atoms with E-state index in [0.717, 1.165) is 5.69 Å². The lowest BCUT2D eigenvalue weighted by atomic mass is 10.2. The lowest BCUT2D eigenvalue weighted by Gasteiger charge is -2.12. The molecule has 0 spiro atoms. The second kappa shape index (κ2) is 5.95. The molecule has 1 unspecified atom stereocenters. The first-order valence-corrected chi connectivity index (χ1v) is 5.08. The average molecular weight is 239 g/mol. The minimum Gasteiger partial charge on any atom is -0.497 e. The molecule has 1 atom stereocenters. The fourth-order valence-corrected chi connectivity index (χ4v) is 1.24. The molecule has 94 valence electrons. The van der Waals surface area contributed by atoms with E-state index >= 15 is 0 Å². The summed E-state index contributed by atoms with van der Waals surface area (Å²) in [5.74, 6) is 0.756. The van der Waals surface area contributed by atoms with E-state index < -0.39 is 11.9 Å². The number of nitrogens with two attached hydrogens (primary N) is 2. The van der Waals surface area contributed by atoms with Gasteiger partial charge in [-0.15, -0.1) is 0 Å². The first-order valence-electron chi connectivity index (χ1n) is 5.08. The van der Waals surface area contributed by atoms with Crippen molar-refractivity contribution in [3.05, 3.63) is 18.2 Å². The third-order valence-corrected chi connectivity index (χ3v) is 2.24. The van der Waals surface area contributed by atoms with Gasteiger partial charge in [-0.25, -0.2) is 0 Å². The molecular weight excluding hydrogens is 222 g/mol. The van der Waals surface area contributed by atoms with Crippen LogP contribution >= 0.6 is 0 Å². The minimum absolute atomic E-state index is 0.256. The largest absolute Gasteiger partial charge is 0.497 e. The smallest absolute Gasteiger partial charge is 0.236 e. The Morgan fingerprint density at radius 1 is 1.29 bits per heavy atom. The summed E-state index contributed by atoms with van der Waals surface area (Å²) in [4.78, 5) is 10.8. The number of methoxy groups -OCH3 is 2. The molecule has 6 heteroatoms. The molecule has 1 aromatic rings. The van der Waals surface area contributed by atoms with Gasteiger partial charge in [-0.2, -0.15) is 0 Å². The van der Waals surface area contributed by atoms with Crippen LogP contribution in [0.15, 0.2) is 18.2 Å². The van der Waals surface area contributed by atoms with Gasteiger partial charge in [0.05, 0.1) is 14.2 Å². The quantitative estimate of drug-likeness (QED) is 0.645. The molecule has 0 saturated carbocycles. The number of ether oxygens (including phenoxy) is 2. The molecule has 0 fully saturated rings. The third-order valence-electron chi connectivity index (χ3n) is 2.24. The summed E-state index contributed by atoms with van der Waals surface area (Å²) in [5.41, 5.74) is 11.3. The summed E-state index contributed by atoms with van der Waals surface area (Å²) < 4.78 is 10.2. The molecule has 0 aliphatic carbocycles. The monoisotopic (exact) mass is 239 g/mol. The number of nitrogens with one attached hydrogen (secondary N) is 1. The Labute approximate surface area is 99.9 Å². The van der Waals surface area contributed by atoms with Crippen molar-refractivity contribution in [2.75, 3.05) is 26.1 Å². The molecule has 1 rings (SSSR count). The van der Waals surface area contributed by atoms with Gasteiger partial charge < -0.3 is 26.3 Å². The Morgan fingerprint density at radius 3 is 2.24 bits per heavy atom. The van der Waals surface area contributed by atoms with E-state index in [2.05, 4.69) is 5.32 Å². The maximum absolute atomic E-state index is 10.8. The van der Waals surface area contributed by atoms with Gasteiger partial charge in [0.15, 0.2) is 0 Å². The maximum atomic E-state index is 10.8. The second-order valence-electron chi connectivity index (χ2n) is 3.49. The summed E-state index contributed by atoms with van der Waals surface area (Å²) in [6.07, 6.45) is 0. The fraction of sp³-hybridized carbons (Fsp3) is 0.364. The molecule has 0 aromatic heterocycles. The zero-order valence-corrected chi connectivity index (χ0v) is 9.90. The molecule has 0 radical (unpaired) electrons. The average Bonchev–Trinajstić information content (AvgIpc) is 2.35. The van der Waals surface area contributed by atoms with Crippen molar-refractivity contribution in [1.29, 1.82) is 0 Å². The highest BCUT2D eigenvalue weighted by Crippen LogP contribution is 2.25. The fourth-order valence-electron chi connectivity index (χ4n) is 1.24. The highest BCUT2D eigenvalue weighted by molar-refractivity contribution is 5.80. The molecule has 0 aliphatic heterocycles. The molecule has 17 heavy (non-hydrogen) atoms. The Kier molecular flexibility index (Phi) is 4.59. The molecule has 0 aliphatic rings. The second-order valence-corrected chi connectivity index (χ2v) is 3.49. The number of amides is 1.